The van der Waals surface area contributed by atoms with Crippen molar-refractivity contribution in [2.45, 2.75) is 12.5 Å². The topological polar surface area (TPSA) is 38.9 Å². The Bertz CT molecular complexity index is 723. The van der Waals surface area contributed by atoms with Gasteiger partial charge >= 0.3 is 0 Å². The average molecular weight is 368 g/mol. The highest BCUT2D eigenvalue weighted by atomic mass is 79.9. The van der Waals surface area contributed by atoms with Crippen LogP contribution in [-0.4, -0.2) is 4.98 Å². The van der Waals surface area contributed by atoms with Gasteiger partial charge in [0.2, 0.25) is 0 Å². The molecule has 1 atom stereocenters. The first-order valence-corrected chi connectivity index (χ1v) is 8.17. The third kappa shape index (κ3) is 2.88. The predicted octanol–water partition coefficient (Wildman–Crippen LogP) is 4.95. The lowest BCUT2D eigenvalue weighted by atomic mass is 10.1. The Balaban J connectivity index is 1.84. The average Bonchev–Trinajstić information content (AvgIpc) is 2.87. The number of benzene rings is 2. The van der Waals surface area contributed by atoms with E-state index in [1.165, 1.54) is 4.70 Å². The summed E-state index contributed by atoms with van der Waals surface area (Å²) in [6, 6.07) is 13.9. The Kier molecular flexibility index (Phi) is 4.08. The predicted molar refractivity (Wildman–Crippen MR) is 89.4 cm³/mol. The fraction of sp³-hybridized carbons (Fsp3) is 0.133. The van der Waals surface area contributed by atoms with Gasteiger partial charge in [-0.3, -0.25) is 0 Å². The van der Waals surface area contributed by atoms with E-state index in [4.69, 9.17) is 17.3 Å². The van der Waals surface area contributed by atoms with Gasteiger partial charge < -0.3 is 5.73 Å². The summed E-state index contributed by atoms with van der Waals surface area (Å²) in [5.74, 6) is 0. The van der Waals surface area contributed by atoms with Crippen LogP contribution >= 0.6 is 38.9 Å². The summed E-state index contributed by atoms with van der Waals surface area (Å²) in [6.45, 7) is 0. The lowest BCUT2D eigenvalue weighted by molar-refractivity contribution is 0.717. The fourth-order valence-corrected chi connectivity index (χ4v) is 3.48. The van der Waals surface area contributed by atoms with E-state index >= 15 is 0 Å². The molecular weight excluding hydrogens is 356 g/mol. The van der Waals surface area contributed by atoms with E-state index in [1.54, 1.807) is 11.3 Å². The van der Waals surface area contributed by atoms with Crippen molar-refractivity contribution in [2.75, 3.05) is 0 Å². The molecule has 0 amide bonds. The van der Waals surface area contributed by atoms with Gasteiger partial charge in [-0.25, -0.2) is 4.98 Å². The number of aromatic nitrogens is 1. The molecule has 0 saturated heterocycles. The molecule has 0 aliphatic heterocycles. The van der Waals surface area contributed by atoms with E-state index in [-0.39, 0.29) is 6.04 Å². The third-order valence-electron chi connectivity index (χ3n) is 3.07. The summed E-state index contributed by atoms with van der Waals surface area (Å²) in [5, 5.41) is 1.67. The monoisotopic (exact) mass is 366 g/mol. The molecule has 0 fully saturated rings. The molecule has 20 heavy (non-hydrogen) atoms. The molecule has 0 aliphatic carbocycles. The van der Waals surface area contributed by atoms with Crippen LogP contribution in [0.2, 0.25) is 5.02 Å². The fourth-order valence-electron chi connectivity index (χ4n) is 2.06. The zero-order chi connectivity index (χ0) is 14.1. The summed E-state index contributed by atoms with van der Waals surface area (Å²) in [5.41, 5.74) is 8.40. The Labute approximate surface area is 134 Å². The lowest BCUT2D eigenvalue weighted by Gasteiger charge is -2.09. The number of nitrogens with zero attached hydrogens (tertiary/aromatic N) is 1. The minimum absolute atomic E-state index is 0.107. The first kappa shape index (κ1) is 14.0. The summed E-state index contributed by atoms with van der Waals surface area (Å²) >= 11 is 11.2. The maximum atomic E-state index is 6.27. The Hall–Kier alpha value is -0.940. The maximum Gasteiger partial charge on any atom is 0.111 e. The molecule has 0 saturated carbocycles. The zero-order valence-electron chi connectivity index (χ0n) is 10.5. The zero-order valence-corrected chi connectivity index (χ0v) is 13.7. The summed E-state index contributed by atoms with van der Waals surface area (Å²) in [4.78, 5) is 4.60. The number of para-hydroxylation sites is 1. The van der Waals surface area contributed by atoms with Crippen LogP contribution < -0.4 is 5.73 Å². The van der Waals surface area contributed by atoms with Crippen LogP contribution in [0.4, 0.5) is 0 Å². The number of hydrogen-bond acceptors (Lipinski definition) is 3. The largest absolute Gasteiger partial charge is 0.322 e. The van der Waals surface area contributed by atoms with Gasteiger partial charge in [-0.2, -0.15) is 0 Å². The molecule has 102 valence electrons. The smallest absolute Gasteiger partial charge is 0.111 e. The number of hydrogen-bond donors (Lipinski definition) is 1. The van der Waals surface area contributed by atoms with Crippen molar-refractivity contribution in [3.8, 4) is 0 Å². The van der Waals surface area contributed by atoms with Crippen molar-refractivity contribution >= 4 is 49.1 Å². The summed E-state index contributed by atoms with van der Waals surface area (Å²) in [6.07, 6.45) is 0.729. The quantitative estimate of drug-likeness (QED) is 0.711. The Morgan fingerprint density at radius 2 is 2.05 bits per heavy atom. The van der Waals surface area contributed by atoms with Crippen molar-refractivity contribution in [3.05, 3.63) is 62.5 Å². The van der Waals surface area contributed by atoms with Crippen LogP contribution in [-0.2, 0) is 6.42 Å². The first-order valence-electron chi connectivity index (χ1n) is 6.18. The molecule has 0 aliphatic rings. The van der Waals surface area contributed by atoms with E-state index < -0.39 is 0 Å². The van der Waals surface area contributed by atoms with Crippen LogP contribution in [0, 0.1) is 0 Å². The van der Waals surface area contributed by atoms with Crippen LogP contribution in [0.15, 0.2) is 46.9 Å². The molecule has 2 aromatic carbocycles. The molecule has 3 rings (SSSR count). The van der Waals surface area contributed by atoms with Crippen LogP contribution in [0.1, 0.15) is 16.6 Å². The lowest BCUT2D eigenvalue weighted by Crippen LogP contribution is -2.12. The van der Waals surface area contributed by atoms with Crippen molar-refractivity contribution in [2.24, 2.45) is 5.73 Å². The second-order valence-corrected chi connectivity index (χ2v) is 6.90. The Morgan fingerprint density at radius 1 is 1.25 bits per heavy atom. The SMILES string of the molecule is NC(Cc1ccc(Br)c(Cl)c1)c1nc2ccccc2s1. The molecule has 3 aromatic rings. The van der Waals surface area contributed by atoms with Crippen molar-refractivity contribution in [1.29, 1.82) is 0 Å². The highest BCUT2D eigenvalue weighted by molar-refractivity contribution is 9.10. The number of thiazole rings is 1. The minimum atomic E-state index is -0.107. The molecule has 1 unspecified atom stereocenters. The number of nitrogens with two attached hydrogens (primary N) is 1. The van der Waals surface area contributed by atoms with Crippen molar-refractivity contribution in [1.82, 2.24) is 4.98 Å². The van der Waals surface area contributed by atoms with Crippen molar-refractivity contribution in [3.63, 3.8) is 0 Å². The first-order chi connectivity index (χ1) is 9.63. The highest BCUT2D eigenvalue weighted by Gasteiger charge is 2.13. The molecule has 1 heterocycles. The number of fused-ring (bicyclic) bond motifs is 1. The van der Waals surface area contributed by atoms with Gasteiger partial charge in [0.15, 0.2) is 0 Å². The van der Waals surface area contributed by atoms with Gasteiger partial charge in [0.05, 0.1) is 21.3 Å². The van der Waals surface area contributed by atoms with Crippen molar-refractivity contribution < 1.29 is 0 Å². The van der Waals surface area contributed by atoms with Gasteiger partial charge in [0.1, 0.15) is 5.01 Å². The molecular formula is C15H12BrClN2S. The molecule has 0 radical (unpaired) electrons. The molecule has 5 heteroatoms. The van der Waals surface area contributed by atoms with E-state index in [9.17, 15) is 0 Å². The van der Waals surface area contributed by atoms with E-state index in [1.807, 2.05) is 36.4 Å². The molecule has 0 bridgehead atoms. The number of rotatable bonds is 3. The van der Waals surface area contributed by atoms with Gasteiger partial charge in [-0.05, 0) is 52.2 Å². The van der Waals surface area contributed by atoms with Gasteiger partial charge in [0.25, 0.3) is 0 Å². The summed E-state index contributed by atoms with van der Waals surface area (Å²) < 4.78 is 2.07. The van der Waals surface area contributed by atoms with Gasteiger partial charge in [0, 0.05) is 4.47 Å². The second-order valence-electron chi connectivity index (χ2n) is 4.58. The van der Waals surface area contributed by atoms with Gasteiger partial charge in [-0.1, -0.05) is 29.8 Å². The minimum Gasteiger partial charge on any atom is -0.322 e. The van der Waals surface area contributed by atoms with Crippen LogP contribution in [0.25, 0.3) is 10.2 Å². The number of halogens is 2. The van der Waals surface area contributed by atoms with Gasteiger partial charge in [-0.15, -0.1) is 11.3 Å². The molecule has 0 spiro atoms. The van der Waals surface area contributed by atoms with Crippen LogP contribution in [0.3, 0.4) is 0 Å². The molecule has 2 N–H and O–H groups in total. The highest BCUT2D eigenvalue weighted by Crippen LogP contribution is 2.29. The molecule has 2 nitrogen and oxygen atoms in total. The maximum absolute atomic E-state index is 6.27. The second kappa shape index (κ2) is 5.82. The Morgan fingerprint density at radius 3 is 2.80 bits per heavy atom. The standard InChI is InChI=1S/C15H12BrClN2S/c16-10-6-5-9(7-11(10)17)8-12(18)15-19-13-3-1-2-4-14(13)20-15/h1-7,12H,8,18H2. The van der Waals surface area contributed by atoms with E-state index in [0.717, 1.165) is 27.0 Å². The summed E-state index contributed by atoms with van der Waals surface area (Å²) in [7, 11) is 0. The van der Waals surface area contributed by atoms with E-state index in [2.05, 4.69) is 27.0 Å². The van der Waals surface area contributed by atoms with Crippen LogP contribution in [0.5, 0.6) is 0 Å². The normalized spacial score (nSPS) is 12.8. The molecule has 1 aromatic heterocycles. The van der Waals surface area contributed by atoms with E-state index in [0.29, 0.717) is 5.02 Å². The third-order valence-corrected chi connectivity index (χ3v) is 5.47.